The molecule has 0 saturated heterocycles. The van der Waals surface area contributed by atoms with Crippen LogP contribution in [0.1, 0.15) is 0 Å². The second-order valence-electron chi connectivity index (χ2n) is 1.90. The summed E-state index contributed by atoms with van der Waals surface area (Å²) in [6, 6.07) is 0. The number of hydrogen-bond acceptors (Lipinski definition) is 4. The number of nitrogens with one attached hydrogen (secondary N) is 1. The Morgan fingerprint density at radius 1 is 1.09 bits per heavy atom. The van der Waals surface area contributed by atoms with Gasteiger partial charge in [-0.2, -0.15) is 0 Å². The number of aliphatic hydroxyl groups is 1. The van der Waals surface area contributed by atoms with Crippen molar-refractivity contribution >= 4 is 9.39 Å². The molecule has 0 aromatic carbocycles. The van der Waals surface area contributed by atoms with Crippen LogP contribution in [0.3, 0.4) is 0 Å². The average molecular weight is 181 g/mol. The molecule has 5 heteroatoms. The molecule has 11 heavy (non-hydrogen) atoms. The molecule has 4 nitrogen and oxygen atoms in total. The largest absolute Gasteiger partial charge is 0.394 e. The molecule has 68 valence electrons. The van der Waals surface area contributed by atoms with E-state index in [-0.39, 0.29) is 6.61 Å². The highest BCUT2D eigenvalue weighted by Gasteiger charge is 1.87. The summed E-state index contributed by atoms with van der Waals surface area (Å²) in [5.74, 6) is 0. The third-order valence-corrected chi connectivity index (χ3v) is 1.29. The molecule has 0 radical (unpaired) electrons. The standard InChI is InChI=1S/C6H16NO3P/c8-2-4-10-6-5-9-3-1-7-11/h7-8H,1-6,11H2. The molecule has 0 heterocycles. The molecule has 1 atom stereocenters. The highest BCUT2D eigenvalue weighted by molar-refractivity contribution is 7.13. The van der Waals surface area contributed by atoms with Crippen LogP contribution in [-0.2, 0) is 9.47 Å². The minimum absolute atomic E-state index is 0.0765. The van der Waals surface area contributed by atoms with Gasteiger partial charge in [0.2, 0.25) is 0 Å². The summed E-state index contributed by atoms with van der Waals surface area (Å²) in [4.78, 5) is 0. The molecule has 0 bridgehead atoms. The monoisotopic (exact) mass is 181 g/mol. The number of aliphatic hydroxyl groups excluding tert-OH is 1. The molecule has 0 aromatic heterocycles. The van der Waals surface area contributed by atoms with E-state index in [1.807, 2.05) is 0 Å². The maximum atomic E-state index is 8.33. The minimum Gasteiger partial charge on any atom is -0.394 e. The smallest absolute Gasteiger partial charge is 0.0701 e. The first-order valence-electron chi connectivity index (χ1n) is 3.61. The summed E-state index contributed by atoms with van der Waals surface area (Å²) in [6.07, 6.45) is 0. The third-order valence-electron chi connectivity index (χ3n) is 0.998. The molecule has 0 amide bonds. The Hall–Kier alpha value is 0.270. The molecule has 1 unspecified atom stereocenters. The first kappa shape index (κ1) is 11.3. The Morgan fingerprint density at radius 2 is 1.73 bits per heavy atom. The van der Waals surface area contributed by atoms with E-state index in [4.69, 9.17) is 14.6 Å². The summed E-state index contributed by atoms with van der Waals surface area (Å²) in [7, 11) is 2.40. The van der Waals surface area contributed by atoms with Gasteiger partial charge in [0, 0.05) is 6.54 Å². The van der Waals surface area contributed by atoms with Gasteiger partial charge in [-0.1, -0.05) is 9.39 Å². The van der Waals surface area contributed by atoms with Gasteiger partial charge in [0.1, 0.15) is 0 Å². The predicted octanol–water partition coefficient (Wildman–Crippen LogP) is -0.608. The van der Waals surface area contributed by atoms with E-state index in [9.17, 15) is 0 Å². The molecule has 0 aliphatic heterocycles. The second-order valence-corrected chi connectivity index (χ2v) is 2.31. The van der Waals surface area contributed by atoms with E-state index in [0.717, 1.165) is 6.54 Å². The SMILES string of the molecule is OCCOCCOCCNP. The van der Waals surface area contributed by atoms with Crippen molar-refractivity contribution < 1.29 is 14.6 Å². The van der Waals surface area contributed by atoms with Gasteiger partial charge in [0.15, 0.2) is 0 Å². The topological polar surface area (TPSA) is 50.7 Å². The van der Waals surface area contributed by atoms with Crippen molar-refractivity contribution in [2.24, 2.45) is 0 Å². The second kappa shape index (κ2) is 10.3. The minimum atomic E-state index is 0.0765. The van der Waals surface area contributed by atoms with Gasteiger partial charge < -0.3 is 14.6 Å². The highest BCUT2D eigenvalue weighted by atomic mass is 31.0. The molecule has 0 aliphatic rings. The number of ether oxygens (including phenoxy) is 2. The molecule has 0 fully saturated rings. The fourth-order valence-corrected chi connectivity index (χ4v) is 0.635. The van der Waals surface area contributed by atoms with Crippen LogP contribution < -0.4 is 5.09 Å². The van der Waals surface area contributed by atoms with Gasteiger partial charge in [-0.05, 0) is 0 Å². The van der Waals surface area contributed by atoms with Crippen LogP contribution in [0, 0.1) is 0 Å². The van der Waals surface area contributed by atoms with Gasteiger partial charge in [-0.3, -0.25) is 5.09 Å². The van der Waals surface area contributed by atoms with Crippen LogP contribution in [0.25, 0.3) is 0 Å². The van der Waals surface area contributed by atoms with Crippen LogP contribution in [0.15, 0.2) is 0 Å². The zero-order valence-electron chi connectivity index (χ0n) is 6.58. The Bertz CT molecular complexity index is 66.8. The van der Waals surface area contributed by atoms with Crippen molar-refractivity contribution in [1.82, 2.24) is 5.09 Å². The maximum Gasteiger partial charge on any atom is 0.0701 e. The lowest BCUT2D eigenvalue weighted by molar-refractivity contribution is 0.0349. The predicted molar refractivity (Wildman–Crippen MR) is 46.4 cm³/mol. The van der Waals surface area contributed by atoms with E-state index >= 15 is 0 Å². The number of rotatable bonds is 8. The van der Waals surface area contributed by atoms with Crippen molar-refractivity contribution in [3.8, 4) is 0 Å². The lowest BCUT2D eigenvalue weighted by atomic mass is 10.7. The Balaban J connectivity index is 2.69. The fourth-order valence-electron chi connectivity index (χ4n) is 0.518. The van der Waals surface area contributed by atoms with Crippen molar-refractivity contribution in [3.63, 3.8) is 0 Å². The van der Waals surface area contributed by atoms with Gasteiger partial charge in [-0.25, -0.2) is 0 Å². The molecule has 0 saturated carbocycles. The van der Waals surface area contributed by atoms with Gasteiger partial charge in [0.05, 0.1) is 33.0 Å². The molecular formula is C6H16NO3P. The normalized spacial score (nSPS) is 10.4. The third kappa shape index (κ3) is 10.3. The first-order valence-corrected chi connectivity index (χ1v) is 4.19. The van der Waals surface area contributed by atoms with E-state index in [1.165, 1.54) is 0 Å². The molecule has 0 rings (SSSR count). The van der Waals surface area contributed by atoms with Crippen molar-refractivity contribution in [2.75, 3.05) is 39.6 Å². The molecular weight excluding hydrogens is 165 g/mol. The summed E-state index contributed by atoms with van der Waals surface area (Å²) in [6.45, 7) is 3.12. The van der Waals surface area contributed by atoms with Crippen LogP contribution in [0.2, 0.25) is 0 Å². The number of hydrogen-bond donors (Lipinski definition) is 2. The summed E-state index contributed by atoms with van der Waals surface area (Å²) in [5.41, 5.74) is 0. The summed E-state index contributed by atoms with van der Waals surface area (Å²) < 4.78 is 10.1. The highest BCUT2D eigenvalue weighted by Crippen LogP contribution is 1.78. The molecule has 0 aromatic rings. The van der Waals surface area contributed by atoms with Crippen molar-refractivity contribution in [1.29, 1.82) is 0 Å². The average Bonchev–Trinajstić information content (AvgIpc) is 2.03. The lowest BCUT2D eigenvalue weighted by Gasteiger charge is -2.03. The van der Waals surface area contributed by atoms with Gasteiger partial charge in [0.25, 0.3) is 0 Å². The maximum absolute atomic E-state index is 8.33. The van der Waals surface area contributed by atoms with E-state index in [0.29, 0.717) is 26.4 Å². The van der Waals surface area contributed by atoms with Crippen LogP contribution >= 0.6 is 9.39 Å². The Morgan fingerprint density at radius 3 is 2.27 bits per heavy atom. The zero-order valence-corrected chi connectivity index (χ0v) is 7.74. The summed E-state index contributed by atoms with van der Waals surface area (Å²) in [5, 5.41) is 11.2. The van der Waals surface area contributed by atoms with E-state index in [2.05, 4.69) is 14.5 Å². The van der Waals surface area contributed by atoms with Crippen LogP contribution in [0.5, 0.6) is 0 Å². The molecule has 0 spiro atoms. The summed E-state index contributed by atoms with van der Waals surface area (Å²) >= 11 is 0. The van der Waals surface area contributed by atoms with Crippen molar-refractivity contribution in [3.05, 3.63) is 0 Å². The van der Waals surface area contributed by atoms with E-state index in [1.54, 1.807) is 0 Å². The molecule has 0 aliphatic carbocycles. The first-order chi connectivity index (χ1) is 5.41. The molecule has 2 N–H and O–H groups in total. The van der Waals surface area contributed by atoms with E-state index < -0.39 is 0 Å². The fraction of sp³-hybridized carbons (Fsp3) is 1.00. The van der Waals surface area contributed by atoms with Gasteiger partial charge >= 0.3 is 0 Å². The van der Waals surface area contributed by atoms with Crippen LogP contribution in [0.4, 0.5) is 0 Å². The van der Waals surface area contributed by atoms with Gasteiger partial charge in [-0.15, -0.1) is 0 Å². The van der Waals surface area contributed by atoms with Crippen LogP contribution in [-0.4, -0.2) is 44.7 Å². The Kier molecular flexibility index (Phi) is 10.5. The Labute approximate surface area is 69.5 Å². The van der Waals surface area contributed by atoms with Crippen molar-refractivity contribution in [2.45, 2.75) is 0 Å². The zero-order chi connectivity index (χ0) is 8.36. The quantitative estimate of drug-likeness (QED) is 0.387. The lowest BCUT2D eigenvalue weighted by Crippen LogP contribution is -2.13.